The maximum absolute atomic E-state index is 14.3. The van der Waals surface area contributed by atoms with E-state index in [1.807, 2.05) is 20.8 Å². The summed E-state index contributed by atoms with van der Waals surface area (Å²) in [5.74, 6) is -0.0914. The predicted molar refractivity (Wildman–Crippen MR) is 174 cm³/mol. The van der Waals surface area contributed by atoms with Crippen LogP contribution in [0.1, 0.15) is 38.3 Å². The molecule has 44 heavy (non-hydrogen) atoms. The van der Waals surface area contributed by atoms with Crippen LogP contribution >= 0.6 is 23.2 Å². The minimum absolute atomic E-state index is 0.000279. The Labute approximate surface area is 270 Å². The first kappa shape index (κ1) is 35.0. The fourth-order valence-electron chi connectivity index (χ4n) is 4.52. The SMILES string of the molecule is CC[C@@H](C(=O)NCC(C)C)N(Cc1ccc(Cl)cc1Cl)C(=O)CN(c1ccc(OC)c(OC)c1)S(=O)(=O)c1ccc(C)cc1. The van der Waals surface area contributed by atoms with Crippen molar-refractivity contribution in [3.8, 4) is 11.5 Å². The molecule has 3 aromatic rings. The lowest BCUT2D eigenvalue weighted by molar-refractivity contribution is -0.140. The van der Waals surface area contributed by atoms with Crippen LogP contribution in [0.5, 0.6) is 11.5 Å². The van der Waals surface area contributed by atoms with E-state index in [9.17, 15) is 18.0 Å². The second-order valence-corrected chi connectivity index (χ2v) is 13.4. The number of hydrogen-bond acceptors (Lipinski definition) is 6. The highest BCUT2D eigenvalue weighted by Crippen LogP contribution is 2.34. The monoisotopic (exact) mass is 663 g/mol. The van der Waals surface area contributed by atoms with Crippen molar-refractivity contribution in [3.63, 3.8) is 0 Å². The highest BCUT2D eigenvalue weighted by Gasteiger charge is 2.34. The molecule has 0 radical (unpaired) electrons. The van der Waals surface area contributed by atoms with Crippen molar-refractivity contribution >= 4 is 50.7 Å². The molecule has 238 valence electrons. The molecule has 3 aromatic carbocycles. The fraction of sp³-hybridized carbons (Fsp3) is 0.375. The van der Waals surface area contributed by atoms with Gasteiger partial charge in [-0.05, 0) is 61.2 Å². The quantitative estimate of drug-likeness (QED) is 0.224. The number of carbonyl (C=O) groups is 2. The van der Waals surface area contributed by atoms with Gasteiger partial charge in [-0.25, -0.2) is 8.42 Å². The molecule has 0 aliphatic heterocycles. The van der Waals surface area contributed by atoms with Crippen molar-refractivity contribution in [2.75, 3.05) is 31.6 Å². The van der Waals surface area contributed by atoms with Crippen molar-refractivity contribution in [2.45, 2.75) is 51.6 Å². The van der Waals surface area contributed by atoms with Gasteiger partial charge in [0.1, 0.15) is 12.6 Å². The second-order valence-electron chi connectivity index (χ2n) is 10.7. The number of amides is 2. The molecule has 2 amide bonds. The lowest BCUT2D eigenvalue weighted by atomic mass is 10.1. The number of nitrogens with zero attached hydrogens (tertiary/aromatic N) is 2. The number of carbonyl (C=O) groups excluding carboxylic acids is 2. The summed E-state index contributed by atoms with van der Waals surface area (Å²) in [6, 6.07) is 14.9. The van der Waals surface area contributed by atoms with Gasteiger partial charge in [0, 0.05) is 29.2 Å². The number of ether oxygens (including phenoxy) is 2. The molecule has 9 nitrogen and oxygen atoms in total. The number of nitrogens with one attached hydrogen (secondary N) is 1. The number of halogens is 2. The zero-order valence-corrected chi connectivity index (χ0v) is 28.1. The minimum atomic E-state index is -4.26. The Kier molecular flexibility index (Phi) is 12.3. The first-order valence-electron chi connectivity index (χ1n) is 14.1. The maximum atomic E-state index is 14.3. The van der Waals surface area contributed by atoms with Gasteiger partial charge in [-0.15, -0.1) is 0 Å². The van der Waals surface area contributed by atoms with E-state index >= 15 is 0 Å². The lowest BCUT2D eigenvalue weighted by Gasteiger charge is -2.33. The average Bonchev–Trinajstić information content (AvgIpc) is 2.99. The smallest absolute Gasteiger partial charge is 0.264 e. The normalized spacial score (nSPS) is 12.0. The molecule has 0 saturated heterocycles. The molecule has 0 aromatic heterocycles. The molecule has 0 aliphatic carbocycles. The zero-order valence-electron chi connectivity index (χ0n) is 25.8. The molecular formula is C32H39Cl2N3O6S. The van der Waals surface area contributed by atoms with Crippen molar-refractivity contribution in [3.05, 3.63) is 81.8 Å². The number of hydrogen-bond donors (Lipinski definition) is 1. The largest absolute Gasteiger partial charge is 0.493 e. The van der Waals surface area contributed by atoms with Crippen LogP contribution in [-0.4, -0.2) is 58.5 Å². The first-order chi connectivity index (χ1) is 20.8. The van der Waals surface area contributed by atoms with Gasteiger partial charge in [-0.1, -0.05) is 67.7 Å². The number of methoxy groups -OCH3 is 2. The first-order valence-corrected chi connectivity index (χ1v) is 16.3. The molecule has 12 heteroatoms. The van der Waals surface area contributed by atoms with E-state index in [0.717, 1.165) is 9.87 Å². The molecule has 0 heterocycles. The summed E-state index contributed by atoms with van der Waals surface area (Å²) in [7, 11) is -1.35. The van der Waals surface area contributed by atoms with E-state index in [1.54, 1.807) is 43.3 Å². The van der Waals surface area contributed by atoms with Gasteiger partial charge < -0.3 is 19.7 Å². The Hall–Kier alpha value is -3.47. The van der Waals surface area contributed by atoms with Gasteiger partial charge in [-0.3, -0.25) is 13.9 Å². The van der Waals surface area contributed by atoms with Crippen LogP contribution in [0.15, 0.2) is 65.6 Å². The average molecular weight is 665 g/mol. The van der Waals surface area contributed by atoms with Crippen LogP contribution < -0.4 is 19.1 Å². The van der Waals surface area contributed by atoms with Gasteiger partial charge in [0.25, 0.3) is 10.0 Å². The number of benzene rings is 3. The van der Waals surface area contributed by atoms with E-state index in [1.165, 1.54) is 43.4 Å². The summed E-state index contributed by atoms with van der Waals surface area (Å²) in [4.78, 5) is 29.0. The molecule has 0 fully saturated rings. The van der Waals surface area contributed by atoms with Gasteiger partial charge in [0.15, 0.2) is 11.5 Å². The predicted octanol–water partition coefficient (Wildman–Crippen LogP) is 6.09. The second kappa shape index (κ2) is 15.5. The van der Waals surface area contributed by atoms with E-state index < -0.39 is 28.5 Å². The highest BCUT2D eigenvalue weighted by atomic mass is 35.5. The summed E-state index contributed by atoms with van der Waals surface area (Å²) in [6.45, 7) is 7.33. The Bertz CT molecular complexity index is 1560. The molecule has 0 unspecified atom stereocenters. The van der Waals surface area contributed by atoms with Crippen LogP contribution in [0.4, 0.5) is 5.69 Å². The van der Waals surface area contributed by atoms with E-state index in [2.05, 4.69) is 5.32 Å². The lowest BCUT2D eigenvalue weighted by Crippen LogP contribution is -2.52. The van der Waals surface area contributed by atoms with Gasteiger partial charge in [-0.2, -0.15) is 0 Å². The van der Waals surface area contributed by atoms with Crippen LogP contribution in [0, 0.1) is 12.8 Å². The summed E-state index contributed by atoms with van der Waals surface area (Å²) in [6.07, 6.45) is 0.280. The van der Waals surface area contributed by atoms with Crippen molar-refractivity contribution in [1.29, 1.82) is 0 Å². The third kappa shape index (κ3) is 8.58. The summed E-state index contributed by atoms with van der Waals surface area (Å²) >= 11 is 12.6. The molecule has 1 atom stereocenters. The van der Waals surface area contributed by atoms with Crippen LogP contribution in [0.3, 0.4) is 0 Å². The molecule has 0 bridgehead atoms. The summed E-state index contributed by atoms with van der Waals surface area (Å²) in [5.41, 5.74) is 1.61. The number of anilines is 1. The third-order valence-corrected chi connectivity index (χ3v) is 9.34. The van der Waals surface area contributed by atoms with Crippen LogP contribution in [0.2, 0.25) is 10.0 Å². The van der Waals surface area contributed by atoms with Crippen LogP contribution in [0.25, 0.3) is 0 Å². The number of aryl methyl sites for hydroxylation is 1. The molecular weight excluding hydrogens is 625 g/mol. The molecule has 3 rings (SSSR count). The van der Waals surface area contributed by atoms with Crippen molar-refractivity contribution in [2.24, 2.45) is 5.92 Å². The third-order valence-electron chi connectivity index (χ3n) is 6.97. The Morgan fingerprint density at radius 1 is 0.932 bits per heavy atom. The summed E-state index contributed by atoms with van der Waals surface area (Å²) < 4.78 is 40.0. The maximum Gasteiger partial charge on any atom is 0.264 e. The molecule has 0 saturated carbocycles. The standard InChI is InChI=1S/C32H39Cl2N3O6S/c1-7-28(32(39)35-18-21(2)3)36(19-23-10-11-24(33)16-27(23)34)31(38)20-37(25-12-15-29(42-5)30(17-25)43-6)44(40,41)26-13-8-22(4)9-14-26/h8-17,21,28H,7,18-20H2,1-6H3,(H,35,39)/t28-/m0/s1. The minimum Gasteiger partial charge on any atom is -0.493 e. The van der Waals surface area contributed by atoms with Crippen LogP contribution in [-0.2, 0) is 26.2 Å². The number of sulfonamides is 1. The van der Waals surface area contributed by atoms with Gasteiger partial charge >= 0.3 is 0 Å². The van der Waals surface area contributed by atoms with E-state index in [4.69, 9.17) is 32.7 Å². The van der Waals surface area contributed by atoms with E-state index in [0.29, 0.717) is 27.9 Å². The molecule has 1 N–H and O–H groups in total. The Balaban J connectivity index is 2.13. The number of rotatable bonds is 14. The molecule has 0 spiro atoms. The van der Waals surface area contributed by atoms with Gasteiger partial charge in [0.2, 0.25) is 11.8 Å². The van der Waals surface area contributed by atoms with E-state index in [-0.39, 0.29) is 41.1 Å². The van der Waals surface area contributed by atoms with Crippen molar-refractivity contribution < 1.29 is 27.5 Å². The summed E-state index contributed by atoms with van der Waals surface area (Å²) in [5, 5.41) is 3.64. The topological polar surface area (TPSA) is 105 Å². The highest BCUT2D eigenvalue weighted by molar-refractivity contribution is 7.92. The zero-order chi connectivity index (χ0) is 32.6. The Morgan fingerprint density at radius 2 is 1.59 bits per heavy atom. The Morgan fingerprint density at radius 3 is 2.16 bits per heavy atom. The van der Waals surface area contributed by atoms with Crippen molar-refractivity contribution in [1.82, 2.24) is 10.2 Å². The molecule has 0 aliphatic rings. The fourth-order valence-corrected chi connectivity index (χ4v) is 6.40. The van der Waals surface area contributed by atoms with Gasteiger partial charge in [0.05, 0.1) is 24.8 Å².